The summed E-state index contributed by atoms with van der Waals surface area (Å²) in [7, 11) is 7.92. The zero-order valence-corrected chi connectivity index (χ0v) is 15.6. The Balaban J connectivity index is 1.73. The Bertz CT molecular complexity index is 866. The molecule has 26 heavy (non-hydrogen) atoms. The highest BCUT2D eigenvalue weighted by Gasteiger charge is 2.82. The first-order valence-electron chi connectivity index (χ1n) is 9.26. The molecule has 2 spiro atoms. The Kier molecular flexibility index (Phi) is 2.54. The minimum Gasteiger partial charge on any atom is -0.493 e. The maximum atomic E-state index is 6.58. The summed E-state index contributed by atoms with van der Waals surface area (Å²) < 4.78 is 18.9. The molecule has 6 aliphatic rings. The van der Waals surface area contributed by atoms with Crippen LogP contribution in [0, 0.1) is 0 Å². The Hall–Kier alpha value is -1.60. The maximum Gasteiger partial charge on any atom is 0.259 e. The number of methoxy groups -OCH3 is 2. The fourth-order valence-electron chi connectivity index (χ4n) is 6.37. The predicted molar refractivity (Wildman–Crippen MR) is 92.0 cm³/mol. The summed E-state index contributed by atoms with van der Waals surface area (Å²) in [4.78, 5) is 12.1. The normalized spacial score (nSPS) is 45.2. The Morgan fingerprint density at radius 2 is 2.00 bits per heavy atom. The first-order chi connectivity index (χ1) is 12.4. The minimum absolute atomic E-state index is 0.251. The fourth-order valence-corrected chi connectivity index (χ4v) is 6.37. The van der Waals surface area contributed by atoms with Crippen molar-refractivity contribution in [3.05, 3.63) is 35.4 Å². The van der Waals surface area contributed by atoms with Gasteiger partial charge in [-0.2, -0.15) is 4.89 Å². The molecular weight excluding hydrogens is 334 g/mol. The van der Waals surface area contributed by atoms with E-state index in [1.165, 1.54) is 11.1 Å². The van der Waals surface area contributed by atoms with Gasteiger partial charge in [0.25, 0.3) is 5.79 Å². The van der Waals surface area contributed by atoms with Crippen molar-refractivity contribution in [2.75, 3.05) is 34.9 Å². The third kappa shape index (κ3) is 1.31. The lowest BCUT2D eigenvalue weighted by Gasteiger charge is -2.67. The van der Waals surface area contributed by atoms with Gasteiger partial charge in [-0.1, -0.05) is 6.07 Å². The molecule has 4 heterocycles. The minimum atomic E-state index is -1.03. The number of piperidine rings is 1. The van der Waals surface area contributed by atoms with Crippen molar-refractivity contribution in [1.82, 2.24) is 0 Å². The number of likely N-dealkylation sites (tertiary alicyclic amines) is 1. The van der Waals surface area contributed by atoms with Crippen molar-refractivity contribution < 1.29 is 28.5 Å². The summed E-state index contributed by atoms with van der Waals surface area (Å²) in [6, 6.07) is 4.47. The molecule has 6 heteroatoms. The van der Waals surface area contributed by atoms with Gasteiger partial charge in [-0.05, 0) is 23.8 Å². The van der Waals surface area contributed by atoms with E-state index >= 15 is 0 Å². The van der Waals surface area contributed by atoms with Gasteiger partial charge in [0.2, 0.25) is 0 Å². The second-order valence-corrected chi connectivity index (χ2v) is 8.79. The van der Waals surface area contributed by atoms with E-state index in [0.717, 1.165) is 35.4 Å². The molecule has 5 atom stereocenters. The van der Waals surface area contributed by atoms with Crippen LogP contribution in [0.3, 0.4) is 0 Å². The number of likely N-dealkylation sites (N-methyl/N-ethyl adjacent to an activating group) is 1. The molecule has 1 aromatic rings. The van der Waals surface area contributed by atoms with Gasteiger partial charge in [-0.25, -0.2) is 4.89 Å². The molecule has 0 radical (unpaired) electrons. The smallest absolute Gasteiger partial charge is 0.259 e. The van der Waals surface area contributed by atoms with Crippen LogP contribution >= 0.6 is 0 Å². The molecule has 7 rings (SSSR count). The molecule has 138 valence electrons. The van der Waals surface area contributed by atoms with Gasteiger partial charge in [0.15, 0.2) is 23.2 Å². The van der Waals surface area contributed by atoms with Gasteiger partial charge in [-0.3, -0.25) is 0 Å². The summed E-state index contributed by atoms with van der Waals surface area (Å²) in [5, 5.41) is 0. The van der Waals surface area contributed by atoms with Crippen LogP contribution in [-0.4, -0.2) is 62.9 Å². The first kappa shape index (κ1) is 15.5. The number of quaternary nitrogens is 1. The van der Waals surface area contributed by atoms with E-state index in [-0.39, 0.29) is 17.6 Å². The van der Waals surface area contributed by atoms with Crippen LogP contribution in [-0.2, 0) is 26.3 Å². The molecule has 0 unspecified atom stereocenters. The molecule has 2 aliphatic carbocycles. The number of hydrogen-bond donors (Lipinski definition) is 0. The standard InChI is InChI=1S/C20H24NO5/c1-21(2)10-9-18-15-12-5-6-13(22-3)16(15)24-17(18)20(23-4)8-7-19(18,25-26-20)14(21)11-12/h5-8,14,17H,9-11H2,1-4H3/q+1/t14-,17-,18+,19-,20-/m1/s1. The predicted octanol–water partition coefficient (Wildman–Crippen LogP) is 1.71. The second kappa shape index (κ2) is 4.28. The Morgan fingerprint density at radius 1 is 1.15 bits per heavy atom. The van der Waals surface area contributed by atoms with E-state index in [2.05, 4.69) is 26.2 Å². The third-order valence-corrected chi connectivity index (χ3v) is 7.65. The van der Waals surface area contributed by atoms with Gasteiger partial charge in [0.05, 0.1) is 33.2 Å². The topological polar surface area (TPSA) is 46.2 Å². The average molecular weight is 358 g/mol. The Labute approximate surface area is 152 Å². The average Bonchev–Trinajstić information content (AvgIpc) is 3.03. The fraction of sp³-hybridized carbons (Fsp3) is 0.600. The molecule has 4 aliphatic heterocycles. The van der Waals surface area contributed by atoms with Gasteiger partial charge >= 0.3 is 0 Å². The van der Waals surface area contributed by atoms with Crippen molar-refractivity contribution in [2.24, 2.45) is 0 Å². The van der Waals surface area contributed by atoms with Crippen molar-refractivity contribution in [3.63, 3.8) is 0 Å². The van der Waals surface area contributed by atoms with Gasteiger partial charge < -0.3 is 18.7 Å². The van der Waals surface area contributed by atoms with Gasteiger partial charge in [0.1, 0.15) is 6.04 Å². The van der Waals surface area contributed by atoms with Gasteiger partial charge in [0, 0.05) is 25.5 Å². The highest BCUT2D eigenvalue weighted by Crippen LogP contribution is 2.69. The van der Waals surface area contributed by atoms with Crippen LogP contribution in [0.1, 0.15) is 17.5 Å². The van der Waals surface area contributed by atoms with Crippen LogP contribution in [0.2, 0.25) is 0 Å². The highest BCUT2D eigenvalue weighted by atomic mass is 17.2. The van der Waals surface area contributed by atoms with Crippen LogP contribution in [0.15, 0.2) is 24.3 Å². The van der Waals surface area contributed by atoms with E-state index in [1.54, 1.807) is 14.2 Å². The van der Waals surface area contributed by atoms with E-state index < -0.39 is 11.4 Å². The molecule has 0 N–H and O–H groups in total. The largest absolute Gasteiger partial charge is 0.493 e. The van der Waals surface area contributed by atoms with Crippen LogP contribution in [0.4, 0.5) is 0 Å². The Morgan fingerprint density at radius 3 is 2.69 bits per heavy atom. The first-order valence-corrected chi connectivity index (χ1v) is 9.26. The molecule has 2 fully saturated rings. The molecule has 4 bridgehead atoms. The summed E-state index contributed by atoms with van der Waals surface area (Å²) in [6.07, 6.45) is 5.78. The van der Waals surface area contributed by atoms with E-state index in [0.29, 0.717) is 0 Å². The second-order valence-electron chi connectivity index (χ2n) is 8.79. The number of rotatable bonds is 2. The summed E-state index contributed by atoms with van der Waals surface area (Å²) >= 11 is 0. The van der Waals surface area contributed by atoms with Crippen LogP contribution in [0.5, 0.6) is 11.5 Å². The lowest BCUT2D eigenvalue weighted by molar-refractivity contribution is -0.934. The summed E-state index contributed by atoms with van der Waals surface area (Å²) in [5.41, 5.74) is 1.71. The SMILES string of the molecule is COc1ccc2c3c1O[C@H]1[C@@]4(OC)C=C[C@@]5(OO4)[C@@H](C2)[N+](C)(C)CC[C@]315. The lowest BCUT2D eigenvalue weighted by Crippen LogP contribution is -2.84. The summed E-state index contributed by atoms with van der Waals surface area (Å²) in [6.45, 7) is 1.05. The highest BCUT2D eigenvalue weighted by molar-refractivity contribution is 5.64. The van der Waals surface area contributed by atoms with Crippen LogP contribution in [0.25, 0.3) is 0 Å². The number of hydrogen-bond acceptors (Lipinski definition) is 5. The van der Waals surface area contributed by atoms with E-state index in [4.69, 9.17) is 24.0 Å². The van der Waals surface area contributed by atoms with E-state index in [1.807, 2.05) is 12.1 Å². The van der Waals surface area contributed by atoms with Crippen molar-refractivity contribution in [3.8, 4) is 11.5 Å². The monoisotopic (exact) mass is 358 g/mol. The molecule has 0 amide bonds. The number of benzene rings is 1. The number of ether oxygens (including phenoxy) is 3. The van der Waals surface area contributed by atoms with Gasteiger partial charge in [-0.15, -0.1) is 0 Å². The molecule has 0 aromatic heterocycles. The maximum absolute atomic E-state index is 6.58. The number of nitrogens with zero attached hydrogens (tertiary/aromatic N) is 1. The molecular formula is C20H24NO5+. The van der Waals surface area contributed by atoms with Crippen molar-refractivity contribution in [2.45, 2.75) is 41.8 Å². The van der Waals surface area contributed by atoms with E-state index in [9.17, 15) is 0 Å². The number of fused-ring (bicyclic) bond motifs is 1. The van der Waals surface area contributed by atoms with Crippen LogP contribution < -0.4 is 9.47 Å². The molecule has 2 saturated heterocycles. The lowest BCUT2D eigenvalue weighted by atomic mass is 9.49. The molecule has 1 aromatic carbocycles. The van der Waals surface area contributed by atoms with Crippen molar-refractivity contribution >= 4 is 0 Å². The zero-order valence-electron chi connectivity index (χ0n) is 15.6. The van der Waals surface area contributed by atoms with Crippen molar-refractivity contribution in [1.29, 1.82) is 0 Å². The quantitative estimate of drug-likeness (QED) is 0.458. The third-order valence-electron chi connectivity index (χ3n) is 7.65. The molecule has 6 nitrogen and oxygen atoms in total. The summed E-state index contributed by atoms with van der Waals surface area (Å²) in [5.74, 6) is 0.578. The zero-order chi connectivity index (χ0) is 17.9. The molecule has 0 saturated carbocycles.